The quantitative estimate of drug-likeness (QED) is 0.445. The number of hydrogen-bond donors (Lipinski definition) is 3. The number of aromatic nitrogens is 3. The van der Waals surface area contributed by atoms with Crippen LogP contribution in [0.15, 0.2) is 54.6 Å². The second kappa shape index (κ2) is 7.32. The van der Waals surface area contributed by atoms with Crippen molar-refractivity contribution >= 4 is 20.8 Å². The molecule has 1 heterocycles. The molecule has 0 amide bonds. The summed E-state index contributed by atoms with van der Waals surface area (Å²) in [5.74, 6) is -0.720. The molecule has 0 aliphatic rings. The third-order valence-corrected chi connectivity index (χ3v) is 5.27. The monoisotopic (exact) mass is 426 g/mol. The molecule has 0 saturated heterocycles. The summed E-state index contributed by atoms with van der Waals surface area (Å²) in [6.07, 6.45) is 0. The van der Waals surface area contributed by atoms with Crippen LogP contribution in [0.5, 0.6) is 17.2 Å². The summed E-state index contributed by atoms with van der Waals surface area (Å²) in [4.78, 5) is 0. The molecule has 0 atom stereocenters. The van der Waals surface area contributed by atoms with E-state index in [2.05, 4.69) is 10.2 Å². The van der Waals surface area contributed by atoms with E-state index in [1.165, 1.54) is 17.7 Å². The highest BCUT2D eigenvalue weighted by Gasteiger charge is 2.23. The largest absolute Gasteiger partial charge is 0.507 e. The molecule has 3 aromatic carbocycles. The molecular formula is C20H18N4O5S. The van der Waals surface area contributed by atoms with Crippen molar-refractivity contribution in [1.29, 1.82) is 0 Å². The zero-order chi connectivity index (χ0) is 21.5. The molecule has 10 heteroatoms. The first kappa shape index (κ1) is 19.7. The van der Waals surface area contributed by atoms with Crippen molar-refractivity contribution in [3.63, 3.8) is 0 Å². The van der Waals surface area contributed by atoms with Crippen molar-refractivity contribution in [3.05, 3.63) is 60.4 Å². The molecule has 0 fully saturated rings. The highest BCUT2D eigenvalue weighted by molar-refractivity contribution is 7.88. The van der Waals surface area contributed by atoms with Gasteiger partial charge < -0.3 is 14.9 Å². The Kier molecular flexibility index (Phi) is 4.80. The Balaban J connectivity index is 2.05. The van der Waals surface area contributed by atoms with E-state index in [1.54, 1.807) is 6.07 Å². The van der Waals surface area contributed by atoms with Crippen molar-refractivity contribution in [2.45, 2.75) is 5.75 Å². The molecule has 0 saturated carbocycles. The molecular weight excluding hydrogens is 408 g/mol. The SMILES string of the molecule is COc1cc(-c2nnc(CS(N)(=O)=O)n2-c2cccc3ccccc23)c(O)cc1O. The van der Waals surface area contributed by atoms with Crippen LogP contribution in [-0.4, -0.2) is 40.5 Å². The summed E-state index contributed by atoms with van der Waals surface area (Å²) in [7, 11) is -2.54. The minimum atomic E-state index is -3.91. The fourth-order valence-electron chi connectivity index (χ4n) is 3.32. The van der Waals surface area contributed by atoms with Gasteiger partial charge in [0.05, 0.1) is 18.4 Å². The van der Waals surface area contributed by atoms with Crippen LogP contribution in [-0.2, 0) is 15.8 Å². The van der Waals surface area contributed by atoms with Crippen LogP contribution in [0, 0.1) is 0 Å². The van der Waals surface area contributed by atoms with E-state index in [1.807, 2.05) is 36.4 Å². The van der Waals surface area contributed by atoms with Crippen LogP contribution >= 0.6 is 0 Å². The van der Waals surface area contributed by atoms with Gasteiger partial charge in [-0.25, -0.2) is 13.6 Å². The number of benzene rings is 3. The van der Waals surface area contributed by atoms with E-state index in [4.69, 9.17) is 9.88 Å². The number of hydrogen-bond acceptors (Lipinski definition) is 7. The molecule has 0 radical (unpaired) electrons. The van der Waals surface area contributed by atoms with Crippen LogP contribution in [0.1, 0.15) is 5.82 Å². The van der Waals surface area contributed by atoms with Gasteiger partial charge in [0.2, 0.25) is 10.0 Å². The van der Waals surface area contributed by atoms with Gasteiger partial charge in [0.15, 0.2) is 23.1 Å². The maximum Gasteiger partial charge on any atom is 0.216 e. The number of rotatable bonds is 5. The normalized spacial score (nSPS) is 11.7. The first-order valence-corrected chi connectivity index (χ1v) is 10.5. The average molecular weight is 426 g/mol. The van der Waals surface area contributed by atoms with Gasteiger partial charge >= 0.3 is 0 Å². The van der Waals surface area contributed by atoms with Crippen molar-refractivity contribution < 1.29 is 23.4 Å². The van der Waals surface area contributed by atoms with Crippen LogP contribution < -0.4 is 9.88 Å². The van der Waals surface area contributed by atoms with E-state index in [9.17, 15) is 18.6 Å². The third kappa shape index (κ3) is 3.53. The minimum absolute atomic E-state index is 0.0790. The Morgan fingerprint density at radius 2 is 1.77 bits per heavy atom. The summed E-state index contributed by atoms with van der Waals surface area (Å²) in [5.41, 5.74) is 0.809. The molecule has 1 aromatic heterocycles. The molecule has 9 nitrogen and oxygen atoms in total. The van der Waals surface area contributed by atoms with Gasteiger partial charge in [0, 0.05) is 11.5 Å². The molecule has 0 aliphatic heterocycles. The van der Waals surface area contributed by atoms with Gasteiger partial charge in [0.25, 0.3) is 0 Å². The topological polar surface area (TPSA) is 141 Å². The zero-order valence-corrected chi connectivity index (χ0v) is 16.7. The third-order valence-electron chi connectivity index (χ3n) is 4.61. The highest BCUT2D eigenvalue weighted by Crippen LogP contribution is 2.39. The van der Waals surface area contributed by atoms with E-state index in [-0.39, 0.29) is 34.5 Å². The molecule has 0 spiro atoms. The van der Waals surface area contributed by atoms with E-state index in [0.717, 1.165) is 16.8 Å². The van der Waals surface area contributed by atoms with Gasteiger partial charge in [-0.1, -0.05) is 36.4 Å². The molecule has 4 aromatic rings. The Labute approximate surface area is 172 Å². The summed E-state index contributed by atoms with van der Waals surface area (Å²) >= 11 is 0. The fourth-order valence-corrected chi connectivity index (χ4v) is 3.87. The number of methoxy groups -OCH3 is 1. The van der Waals surface area contributed by atoms with Crippen LogP contribution in [0.4, 0.5) is 0 Å². The van der Waals surface area contributed by atoms with E-state index < -0.39 is 15.8 Å². The molecule has 30 heavy (non-hydrogen) atoms. The number of primary sulfonamides is 1. The maximum atomic E-state index is 11.8. The predicted molar refractivity (Wildman–Crippen MR) is 111 cm³/mol. The summed E-state index contributed by atoms with van der Waals surface area (Å²) in [5, 5.41) is 35.5. The van der Waals surface area contributed by atoms with Crippen molar-refractivity contribution in [1.82, 2.24) is 14.8 Å². The van der Waals surface area contributed by atoms with Crippen LogP contribution in [0.2, 0.25) is 0 Å². The Hall–Kier alpha value is -3.63. The van der Waals surface area contributed by atoms with Crippen molar-refractivity contribution in [2.24, 2.45) is 5.14 Å². The zero-order valence-electron chi connectivity index (χ0n) is 15.8. The number of nitrogens with zero attached hydrogens (tertiary/aromatic N) is 3. The number of fused-ring (bicyclic) bond motifs is 1. The van der Waals surface area contributed by atoms with Crippen LogP contribution in [0.3, 0.4) is 0 Å². The first-order chi connectivity index (χ1) is 14.3. The smallest absolute Gasteiger partial charge is 0.216 e. The summed E-state index contributed by atoms with van der Waals surface area (Å²) in [6.45, 7) is 0. The number of phenolic OH excluding ortho intramolecular Hbond substituents is 2. The Morgan fingerprint density at radius 1 is 1.03 bits per heavy atom. The summed E-state index contributed by atoms with van der Waals surface area (Å²) in [6, 6.07) is 15.6. The van der Waals surface area contributed by atoms with Gasteiger partial charge in [-0.3, -0.25) is 4.57 Å². The van der Waals surface area contributed by atoms with Crippen molar-refractivity contribution in [3.8, 4) is 34.3 Å². The van der Waals surface area contributed by atoms with Gasteiger partial charge in [-0.2, -0.15) is 0 Å². The number of aromatic hydroxyl groups is 2. The molecule has 0 unspecified atom stereocenters. The molecule has 0 aliphatic carbocycles. The second-order valence-electron chi connectivity index (χ2n) is 6.62. The van der Waals surface area contributed by atoms with Gasteiger partial charge in [-0.15, -0.1) is 10.2 Å². The van der Waals surface area contributed by atoms with E-state index in [0.29, 0.717) is 5.69 Å². The van der Waals surface area contributed by atoms with Crippen molar-refractivity contribution in [2.75, 3.05) is 7.11 Å². The first-order valence-electron chi connectivity index (χ1n) is 8.81. The number of sulfonamides is 1. The lowest BCUT2D eigenvalue weighted by Crippen LogP contribution is -2.17. The number of phenols is 2. The van der Waals surface area contributed by atoms with Crippen LogP contribution in [0.25, 0.3) is 27.8 Å². The molecule has 0 bridgehead atoms. The lowest BCUT2D eigenvalue weighted by atomic mass is 10.1. The maximum absolute atomic E-state index is 11.8. The summed E-state index contributed by atoms with van der Waals surface area (Å²) < 4.78 is 30.3. The molecule has 4 rings (SSSR count). The number of nitrogens with two attached hydrogens (primary N) is 1. The lowest BCUT2D eigenvalue weighted by molar-refractivity contribution is 0.370. The standard InChI is InChI=1S/C20H18N4O5S/c1-29-18-9-14(16(25)10-17(18)26)20-23-22-19(11-30(21,27)28)24(20)15-8-4-6-12-5-2-3-7-13(12)15/h2-10,25-26H,11H2,1H3,(H2,21,27,28). The van der Waals surface area contributed by atoms with Gasteiger partial charge in [-0.05, 0) is 17.5 Å². The predicted octanol–water partition coefficient (Wildman–Crippen LogP) is 2.30. The lowest BCUT2D eigenvalue weighted by Gasteiger charge is -2.14. The van der Waals surface area contributed by atoms with Gasteiger partial charge in [0.1, 0.15) is 11.5 Å². The molecule has 154 valence electrons. The fraction of sp³-hybridized carbons (Fsp3) is 0.100. The van der Waals surface area contributed by atoms with E-state index >= 15 is 0 Å². The Morgan fingerprint density at radius 3 is 2.50 bits per heavy atom. The highest BCUT2D eigenvalue weighted by atomic mass is 32.2. The molecule has 4 N–H and O–H groups in total. The average Bonchev–Trinajstić information content (AvgIpc) is 3.09. The number of ether oxygens (including phenoxy) is 1. The minimum Gasteiger partial charge on any atom is -0.507 e. The Bertz CT molecular complexity index is 1360. The second-order valence-corrected chi connectivity index (χ2v) is 8.24.